The van der Waals surface area contributed by atoms with E-state index in [1.54, 1.807) is 42.5 Å². The number of aromatic nitrogens is 2. The molecule has 3 rings (SSSR count). The van der Waals surface area contributed by atoms with Gasteiger partial charge in [-0.2, -0.15) is 0 Å². The molecular formula is C21H23N3O5. The molecule has 0 aliphatic rings. The van der Waals surface area contributed by atoms with Crippen molar-refractivity contribution in [3.63, 3.8) is 0 Å². The van der Waals surface area contributed by atoms with Crippen LogP contribution in [-0.4, -0.2) is 34.6 Å². The van der Waals surface area contributed by atoms with Gasteiger partial charge < -0.3 is 24.8 Å². The number of amides is 1. The van der Waals surface area contributed by atoms with Gasteiger partial charge in [0.05, 0.1) is 23.2 Å². The summed E-state index contributed by atoms with van der Waals surface area (Å²) in [7, 11) is 0. The Kier molecular flexibility index (Phi) is 6.01. The minimum Gasteiger partial charge on any atom is -0.493 e. The molecule has 0 fully saturated rings. The van der Waals surface area contributed by atoms with Gasteiger partial charge in [-0.25, -0.2) is 9.59 Å². The summed E-state index contributed by atoms with van der Waals surface area (Å²) in [6.45, 7) is 6.18. The summed E-state index contributed by atoms with van der Waals surface area (Å²) in [5, 5.41) is 2.66. The maximum absolute atomic E-state index is 12.3. The summed E-state index contributed by atoms with van der Waals surface area (Å²) in [6, 6.07) is 11.5. The highest BCUT2D eigenvalue weighted by Crippen LogP contribution is 2.17. The van der Waals surface area contributed by atoms with Crippen molar-refractivity contribution >= 4 is 28.6 Å². The van der Waals surface area contributed by atoms with Crippen LogP contribution in [0.2, 0.25) is 0 Å². The predicted octanol–water partition coefficient (Wildman–Crippen LogP) is 3.08. The summed E-state index contributed by atoms with van der Waals surface area (Å²) < 4.78 is 10.8. The molecule has 1 amide bonds. The number of rotatable bonds is 7. The highest BCUT2D eigenvalue weighted by Gasteiger charge is 2.19. The molecule has 0 saturated carbocycles. The van der Waals surface area contributed by atoms with Crippen molar-refractivity contribution in [2.75, 3.05) is 11.9 Å². The van der Waals surface area contributed by atoms with E-state index in [4.69, 9.17) is 9.47 Å². The SMILES string of the molecule is CC(C)COc1ccc(C(=O)O[C@H](C)C(=O)Nc2ccc3[nH]c(=O)[nH]c3c2)cc1. The fourth-order valence-electron chi connectivity index (χ4n) is 2.59. The first-order valence-corrected chi connectivity index (χ1v) is 9.28. The molecule has 0 spiro atoms. The van der Waals surface area contributed by atoms with E-state index in [0.717, 1.165) is 0 Å². The van der Waals surface area contributed by atoms with Gasteiger partial charge in [-0.15, -0.1) is 0 Å². The molecule has 1 atom stereocenters. The van der Waals surface area contributed by atoms with E-state index in [2.05, 4.69) is 15.3 Å². The van der Waals surface area contributed by atoms with Crippen molar-refractivity contribution in [2.24, 2.45) is 5.92 Å². The molecule has 3 N–H and O–H groups in total. The predicted molar refractivity (Wildman–Crippen MR) is 109 cm³/mol. The summed E-state index contributed by atoms with van der Waals surface area (Å²) >= 11 is 0. The van der Waals surface area contributed by atoms with Crippen LogP contribution in [0.4, 0.5) is 5.69 Å². The first-order valence-electron chi connectivity index (χ1n) is 9.28. The lowest BCUT2D eigenvalue weighted by molar-refractivity contribution is -0.123. The number of anilines is 1. The monoisotopic (exact) mass is 397 g/mol. The number of carbonyl (C=O) groups is 2. The number of nitrogens with one attached hydrogen (secondary N) is 3. The molecular weight excluding hydrogens is 374 g/mol. The molecule has 152 valence electrons. The van der Waals surface area contributed by atoms with E-state index in [0.29, 0.717) is 40.6 Å². The maximum atomic E-state index is 12.3. The van der Waals surface area contributed by atoms with Crippen LogP contribution in [0.15, 0.2) is 47.3 Å². The molecule has 29 heavy (non-hydrogen) atoms. The highest BCUT2D eigenvalue weighted by molar-refractivity contribution is 5.98. The first-order chi connectivity index (χ1) is 13.8. The smallest absolute Gasteiger partial charge is 0.338 e. The van der Waals surface area contributed by atoms with Gasteiger partial charge in [0, 0.05) is 5.69 Å². The number of imidazole rings is 1. The zero-order valence-electron chi connectivity index (χ0n) is 16.4. The minimum atomic E-state index is -1.000. The van der Waals surface area contributed by atoms with Gasteiger partial charge in [-0.05, 0) is 55.3 Å². The number of aromatic amines is 2. The Morgan fingerprint density at radius 1 is 1.00 bits per heavy atom. The van der Waals surface area contributed by atoms with Gasteiger partial charge in [-0.1, -0.05) is 13.8 Å². The van der Waals surface area contributed by atoms with Crippen LogP contribution in [0.3, 0.4) is 0 Å². The van der Waals surface area contributed by atoms with Crippen molar-refractivity contribution in [2.45, 2.75) is 26.9 Å². The second kappa shape index (κ2) is 8.64. The van der Waals surface area contributed by atoms with E-state index in [1.807, 2.05) is 13.8 Å². The van der Waals surface area contributed by atoms with Gasteiger partial charge >= 0.3 is 11.7 Å². The number of hydrogen-bond acceptors (Lipinski definition) is 5. The van der Waals surface area contributed by atoms with Gasteiger partial charge in [0.2, 0.25) is 0 Å². The van der Waals surface area contributed by atoms with Crippen LogP contribution in [-0.2, 0) is 9.53 Å². The zero-order chi connectivity index (χ0) is 21.0. The molecule has 1 aromatic heterocycles. The van der Waals surface area contributed by atoms with E-state index < -0.39 is 18.0 Å². The van der Waals surface area contributed by atoms with Crippen LogP contribution in [0.25, 0.3) is 11.0 Å². The van der Waals surface area contributed by atoms with Gasteiger partial charge in [0.25, 0.3) is 5.91 Å². The van der Waals surface area contributed by atoms with Crippen LogP contribution in [0.5, 0.6) is 5.75 Å². The lowest BCUT2D eigenvalue weighted by atomic mass is 10.2. The lowest BCUT2D eigenvalue weighted by Crippen LogP contribution is -2.30. The number of fused-ring (bicyclic) bond motifs is 1. The number of ether oxygens (including phenoxy) is 2. The first kappa shape index (κ1) is 20.2. The quantitative estimate of drug-likeness (QED) is 0.530. The maximum Gasteiger partial charge on any atom is 0.338 e. The summed E-state index contributed by atoms with van der Waals surface area (Å²) in [4.78, 5) is 41.2. The Labute approximate surface area is 167 Å². The number of H-pyrrole nitrogens is 2. The average molecular weight is 397 g/mol. The normalized spacial score (nSPS) is 12.0. The Morgan fingerprint density at radius 3 is 2.38 bits per heavy atom. The second-order valence-corrected chi connectivity index (χ2v) is 7.11. The summed E-state index contributed by atoms with van der Waals surface area (Å²) in [5.41, 5.74) is 1.68. The van der Waals surface area contributed by atoms with Crippen LogP contribution >= 0.6 is 0 Å². The molecule has 0 unspecified atom stereocenters. The third-order valence-electron chi connectivity index (χ3n) is 4.11. The van der Waals surface area contributed by atoms with E-state index in [9.17, 15) is 14.4 Å². The fourth-order valence-corrected chi connectivity index (χ4v) is 2.59. The molecule has 8 heteroatoms. The van der Waals surface area contributed by atoms with Crippen LogP contribution in [0, 0.1) is 5.92 Å². The topological polar surface area (TPSA) is 113 Å². The minimum absolute atomic E-state index is 0.327. The molecule has 3 aromatic rings. The largest absolute Gasteiger partial charge is 0.493 e. The highest BCUT2D eigenvalue weighted by atomic mass is 16.5. The number of benzene rings is 2. The van der Waals surface area contributed by atoms with Crippen molar-refractivity contribution < 1.29 is 19.1 Å². The lowest BCUT2D eigenvalue weighted by Gasteiger charge is -2.14. The van der Waals surface area contributed by atoms with Crippen molar-refractivity contribution in [3.05, 3.63) is 58.5 Å². The Balaban J connectivity index is 1.57. The van der Waals surface area contributed by atoms with Gasteiger partial charge in [-0.3, -0.25) is 4.79 Å². The van der Waals surface area contributed by atoms with Crippen molar-refractivity contribution in [1.82, 2.24) is 9.97 Å². The molecule has 1 heterocycles. The van der Waals surface area contributed by atoms with E-state index in [-0.39, 0.29) is 5.69 Å². The molecule has 0 aliphatic carbocycles. The average Bonchev–Trinajstić information content (AvgIpc) is 3.05. The fraction of sp³-hybridized carbons (Fsp3) is 0.286. The number of carbonyl (C=O) groups excluding carboxylic acids is 2. The Bertz CT molecular complexity index is 1070. The zero-order valence-corrected chi connectivity index (χ0v) is 16.4. The van der Waals surface area contributed by atoms with Crippen molar-refractivity contribution in [3.8, 4) is 5.75 Å². The van der Waals surface area contributed by atoms with Crippen molar-refractivity contribution in [1.29, 1.82) is 0 Å². The molecule has 0 bridgehead atoms. The Hall–Kier alpha value is -3.55. The van der Waals surface area contributed by atoms with E-state index in [1.165, 1.54) is 6.92 Å². The van der Waals surface area contributed by atoms with E-state index >= 15 is 0 Å². The number of hydrogen-bond donors (Lipinski definition) is 3. The molecule has 8 nitrogen and oxygen atoms in total. The molecule has 0 aliphatic heterocycles. The number of esters is 1. The van der Waals surface area contributed by atoms with Gasteiger partial charge in [0.1, 0.15) is 5.75 Å². The standard InChI is InChI=1S/C21H23N3O5/c1-12(2)11-28-16-7-4-14(5-8-16)20(26)29-13(3)19(25)22-15-6-9-17-18(10-15)24-21(27)23-17/h4-10,12-13H,11H2,1-3H3,(H,22,25)(H2,23,24,27)/t13-/m1/s1. The van der Waals surface area contributed by atoms with Crippen LogP contribution < -0.4 is 15.7 Å². The molecule has 0 saturated heterocycles. The van der Waals surface area contributed by atoms with Crippen LogP contribution in [0.1, 0.15) is 31.1 Å². The second-order valence-electron chi connectivity index (χ2n) is 7.11. The molecule has 0 radical (unpaired) electrons. The Morgan fingerprint density at radius 2 is 1.69 bits per heavy atom. The third-order valence-corrected chi connectivity index (χ3v) is 4.11. The van der Waals surface area contributed by atoms with Gasteiger partial charge in [0.15, 0.2) is 6.10 Å². The summed E-state index contributed by atoms with van der Waals surface area (Å²) in [6.07, 6.45) is -1.000. The third kappa shape index (κ3) is 5.25. The molecule has 2 aromatic carbocycles. The summed E-state index contributed by atoms with van der Waals surface area (Å²) in [5.74, 6) is -0.0163.